The second kappa shape index (κ2) is 8.31. The molecule has 0 aromatic heterocycles. The van der Waals surface area contributed by atoms with E-state index in [0.717, 1.165) is 24.9 Å². The Morgan fingerprint density at radius 1 is 1.17 bits per heavy atom. The first-order chi connectivity index (χ1) is 11.7. The molecular weight excluding hydrogens is 294 g/mol. The molecule has 1 aliphatic heterocycles. The molecule has 3 rings (SSSR count). The van der Waals surface area contributed by atoms with E-state index in [2.05, 4.69) is 54.8 Å². The molecule has 24 heavy (non-hydrogen) atoms. The van der Waals surface area contributed by atoms with Gasteiger partial charge in [0, 0.05) is 13.1 Å². The maximum atomic E-state index is 6.46. The largest absolute Gasteiger partial charge is 0.356 e. The van der Waals surface area contributed by atoms with Crippen LogP contribution in [0, 0.1) is 11.8 Å². The summed E-state index contributed by atoms with van der Waals surface area (Å²) in [5.74, 6) is 1.59. The van der Waals surface area contributed by atoms with Crippen LogP contribution < -0.4 is 0 Å². The highest BCUT2D eigenvalue weighted by molar-refractivity contribution is 5.13. The molecule has 1 aromatic rings. The van der Waals surface area contributed by atoms with E-state index < -0.39 is 0 Å². The van der Waals surface area contributed by atoms with Crippen molar-refractivity contribution >= 4 is 0 Å². The molecule has 0 bridgehead atoms. The lowest BCUT2D eigenvalue weighted by atomic mass is 9.81. The van der Waals surface area contributed by atoms with Crippen molar-refractivity contribution in [3.8, 4) is 0 Å². The van der Waals surface area contributed by atoms with Crippen LogP contribution >= 0.6 is 0 Å². The first-order valence-electron chi connectivity index (χ1n) is 9.75. The third kappa shape index (κ3) is 4.49. The first kappa shape index (κ1) is 17.7. The summed E-state index contributed by atoms with van der Waals surface area (Å²) in [6.45, 7) is 9.39. The second-order valence-electron chi connectivity index (χ2n) is 7.87. The van der Waals surface area contributed by atoms with Crippen LogP contribution in [0.15, 0.2) is 43.0 Å². The summed E-state index contributed by atoms with van der Waals surface area (Å²) in [4.78, 5) is 2.64. The maximum Gasteiger partial charge on any atom is 0.119 e. The van der Waals surface area contributed by atoms with Crippen LogP contribution in [0.1, 0.15) is 57.4 Å². The highest BCUT2D eigenvalue weighted by Gasteiger charge is 2.36. The van der Waals surface area contributed by atoms with Crippen molar-refractivity contribution in [3.05, 3.63) is 48.6 Å². The van der Waals surface area contributed by atoms with E-state index in [9.17, 15) is 0 Å². The molecule has 0 radical (unpaired) electrons. The third-order valence-corrected chi connectivity index (χ3v) is 6.08. The Bertz CT molecular complexity index is 506. The van der Waals surface area contributed by atoms with Gasteiger partial charge >= 0.3 is 0 Å². The van der Waals surface area contributed by atoms with Gasteiger partial charge in [0.05, 0.1) is 6.61 Å². The van der Waals surface area contributed by atoms with Gasteiger partial charge in [-0.25, -0.2) is 0 Å². The van der Waals surface area contributed by atoms with Crippen LogP contribution in [0.2, 0.25) is 0 Å². The van der Waals surface area contributed by atoms with Crippen molar-refractivity contribution in [3.63, 3.8) is 0 Å². The van der Waals surface area contributed by atoms with Gasteiger partial charge in [-0.05, 0) is 69.3 Å². The minimum Gasteiger partial charge on any atom is -0.356 e. The first-order valence-corrected chi connectivity index (χ1v) is 9.75. The molecule has 2 heteroatoms. The SMILES string of the molecule is C=CC1CCC(CN2CCCCC2(C)OCc2ccccc2)CC1. The molecule has 1 heterocycles. The number of allylic oxidation sites excluding steroid dienone is 1. The number of ether oxygens (including phenoxy) is 1. The number of likely N-dealkylation sites (tertiary alicyclic amines) is 1. The highest BCUT2D eigenvalue weighted by atomic mass is 16.5. The van der Waals surface area contributed by atoms with Crippen molar-refractivity contribution in [2.45, 2.75) is 64.2 Å². The topological polar surface area (TPSA) is 12.5 Å². The molecule has 0 amide bonds. The lowest BCUT2D eigenvalue weighted by Gasteiger charge is -2.46. The normalized spacial score (nSPS) is 31.7. The predicted octanol–water partition coefficient (Wildman–Crippen LogP) is 5.40. The van der Waals surface area contributed by atoms with Crippen molar-refractivity contribution in [1.82, 2.24) is 4.90 Å². The lowest BCUT2D eigenvalue weighted by Crippen LogP contribution is -2.53. The van der Waals surface area contributed by atoms with E-state index in [1.165, 1.54) is 57.2 Å². The van der Waals surface area contributed by atoms with Gasteiger partial charge in [0.15, 0.2) is 0 Å². The third-order valence-electron chi connectivity index (χ3n) is 6.08. The van der Waals surface area contributed by atoms with E-state index >= 15 is 0 Å². The van der Waals surface area contributed by atoms with E-state index in [1.54, 1.807) is 0 Å². The Morgan fingerprint density at radius 3 is 2.62 bits per heavy atom. The molecule has 0 N–H and O–H groups in total. The van der Waals surface area contributed by atoms with Gasteiger partial charge in [-0.3, -0.25) is 4.90 Å². The number of hydrogen-bond donors (Lipinski definition) is 0. The molecule has 1 aliphatic carbocycles. The summed E-state index contributed by atoms with van der Waals surface area (Å²) in [7, 11) is 0. The Labute approximate surface area is 147 Å². The molecule has 132 valence electrons. The molecular formula is C22H33NO. The number of benzene rings is 1. The number of rotatable bonds is 6. The van der Waals surface area contributed by atoms with Crippen molar-refractivity contribution < 1.29 is 4.74 Å². The lowest BCUT2D eigenvalue weighted by molar-refractivity contribution is -0.175. The van der Waals surface area contributed by atoms with Gasteiger partial charge in [0.1, 0.15) is 5.72 Å². The Kier molecular flexibility index (Phi) is 6.13. The van der Waals surface area contributed by atoms with Gasteiger partial charge in [0.2, 0.25) is 0 Å². The van der Waals surface area contributed by atoms with Crippen LogP contribution in [0.5, 0.6) is 0 Å². The van der Waals surface area contributed by atoms with Gasteiger partial charge in [0.25, 0.3) is 0 Å². The van der Waals surface area contributed by atoms with Crippen LogP contribution in [-0.2, 0) is 11.3 Å². The Balaban J connectivity index is 1.57. The molecule has 1 saturated carbocycles. The van der Waals surface area contributed by atoms with Crippen LogP contribution in [0.25, 0.3) is 0 Å². The zero-order valence-electron chi connectivity index (χ0n) is 15.3. The summed E-state index contributed by atoms with van der Waals surface area (Å²) in [6.07, 6.45) is 11.3. The minimum absolute atomic E-state index is 0.0939. The number of nitrogens with zero attached hydrogens (tertiary/aromatic N) is 1. The van der Waals surface area contributed by atoms with Gasteiger partial charge in [-0.1, -0.05) is 36.4 Å². The Morgan fingerprint density at radius 2 is 1.92 bits per heavy atom. The smallest absolute Gasteiger partial charge is 0.119 e. The summed E-state index contributed by atoms with van der Waals surface area (Å²) in [6, 6.07) is 10.6. The van der Waals surface area contributed by atoms with Crippen molar-refractivity contribution in [2.75, 3.05) is 13.1 Å². The maximum absolute atomic E-state index is 6.46. The standard InChI is InChI=1S/C22H33NO/c1-3-19-11-13-20(14-12-19)17-23-16-8-7-15-22(23,2)24-18-21-9-5-4-6-10-21/h3-6,9-10,19-20H,1,7-8,11-18H2,2H3. The van der Waals surface area contributed by atoms with Gasteiger partial charge < -0.3 is 4.74 Å². The molecule has 1 unspecified atom stereocenters. The van der Waals surface area contributed by atoms with Gasteiger partial charge in [-0.2, -0.15) is 0 Å². The number of hydrogen-bond acceptors (Lipinski definition) is 2. The summed E-state index contributed by atoms with van der Waals surface area (Å²) in [5.41, 5.74) is 1.18. The fourth-order valence-corrected chi connectivity index (χ4v) is 4.33. The molecule has 0 spiro atoms. The van der Waals surface area contributed by atoms with Gasteiger partial charge in [-0.15, -0.1) is 6.58 Å². The van der Waals surface area contributed by atoms with Crippen molar-refractivity contribution in [2.24, 2.45) is 11.8 Å². The van der Waals surface area contributed by atoms with Crippen LogP contribution in [0.4, 0.5) is 0 Å². The number of piperidine rings is 1. The predicted molar refractivity (Wildman–Crippen MR) is 101 cm³/mol. The molecule has 2 fully saturated rings. The zero-order valence-corrected chi connectivity index (χ0v) is 15.3. The van der Waals surface area contributed by atoms with E-state index in [-0.39, 0.29) is 5.72 Å². The van der Waals surface area contributed by atoms with Crippen LogP contribution in [0.3, 0.4) is 0 Å². The Hall–Kier alpha value is -1.12. The molecule has 2 nitrogen and oxygen atoms in total. The molecule has 1 aromatic carbocycles. The quantitative estimate of drug-likeness (QED) is 0.649. The monoisotopic (exact) mass is 327 g/mol. The van der Waals surface area contributed by atoms with E-state index in [1.807, 2.05) is 0 Å². The van der Waals surface area contributed by atoms with Crippen LogP contribution in [-0.4, -0.2) is 23.7 Å². The van der Waals surface area contributed by atoms with E-state index in [0.29, 0.717) is 0 Å². The van der Waals surface area contributed by atoms with E-state index in [4.69, 9.17) is 4.74 Å². The summed E-state index contributed by atoms with van der Waals surface area (Å²) < 4.78 is 6.46. The fourth-order valence-electron chi connectivity index (χ4n) is 4.33. The highest BCUT2D eigenvalue weighted by Crippen LogP contribution is 2.35. The average molecular weight is 328 g/mol. The average Bonchev–Trinajstić information content (AvgIpc) is 2.64. The zero-order chi connectivity index (χ0) is 16.8. The van der Waals surface area contributed by atoms with Crippen molar-refractivity contribution in [1.29, 1.82) is 0 Å². The summed E-state index contributed by atoms with van der Waals surface area (Å²) in [5, 5.41) is 0. The molecule has 1 saturated heterocycles. The minimum atomic E-state index is -0.0939. The summed E-state index contributed by atoms with van der Waals surface area (Å²) >= 11 is 0. The molecule has 1 atom stereocenters. The molecule has 2 aliphatic rings. The second-order valence-corrected chi connectivity index (χ2v) is 7.87. The fraction of sp³-hybridized carbons (Fsp3) is 0.636.